The van der Waals surface area contributed by atoms with Gasteiger partial charge in [0, 0.05) is 12.8 Å². The van der Waals surface area contributed by atoms with E-state index in [-0.39, 0.29) is 31.3 Å². The molecule has 9 nitrogen and oxygen atoms in total. The molecule has 0 fully saturated rings. The van der Waals surface area contributed by atoms with Crippen molar-refractivity contribution in [3.63, 3.8) is 0 Å². The van der Waals surface area contributed by atoms with Gasteiger partial charge in [-0.2, -0.15) is 0 Å². The molecule has 0 aliphatic heterocycles. The fraction of sp³-hybridized carbons (Fsp3) is 0.677. The first-order valence-electron chi connectivity index (χ1n) is 28.7. The Bertz CT molecular complexity index is 1600. The largest absolute Gasteiger partial charge is 0.756 e. The first kappa shape index (κ1) is 68.7. The average Bonchev–Trinajstić information content (AvgIpc) is 3.34. The van der Waals surface area contributed by atoms with E-state index in [4.69, 9.17) is 13.8 Å². The first-order valence-corrected chi connectivity index (χ1v) is 30.2. The van der Waals surface area contributed by atoms with E-state index in [9.17, 15) is 19.0 Å². The van der Waals surface area contributed by atoms with Crippen LogP contribution in [0, 0.1) is 0 Å². The van der Waals surface area contributed by atoms with Gasteiger partial charge in [0.1, 0.15) is 19.3 Å². The van der Waals surface area contributed by atoms with E-state index in [0.717, 1.165) is 96.3 Å². The molecule has 10 heteroatoms. The number of amides is 1. The summed E-state index contributed by atoms with van der Waals surface area (Å²) in [6.07, 6.45) is 69.2. The topological polar surface area (TPSA) is 114 Å². The number of hydrogen-bond donors (Lipinski definition) is 1. The van der Waals surface area contributed by atoms with Gasteiger partial charge in [-0.05, 0) is 109 Å². The number of carbonyl (C=O) groups is 2. The zero-order valence-corrected chi connectivity index (χ0v) is 47.7. The van der Waals surface area contributed by atoms with Gasteiger partial charge in [-0.1, -0.05) is 208 Å². The van der Waals surface area contributed by atoms with Crippen molar-refractivity contribution in [1.29, 1.82) is 0 Å². The van der Waals surface area contributed by atoms with Crippen molar-refractivity contribution in [2.45, 2.75) is 232 Å². The fourth-order valence-electron chi connectivity index (χ4n) is 7.50. The second-order valence-electron chi connectivity index (χ2n) is 20.1. The zero-order valence-electron chi connectivity index (χ0n) is 46.8. The van der Waals surface area contributed by atoms with Crippen molar-refractivity contribution in [2.75, 3.05) is 40.9 Å². The molecule has 3 atom stereocenters. The summed E-state index contributed by atoms with van der Waals surface area (Å²) in [6, 6.07) is -0.933. The van der Waals surface area contributed by atoms with Crippen molar-refractivity contribution >= 4 is 19.7 Å². The molecule has 1 amide bonds. The minimum atomic E-state index is -4.72. The predicted molar refractivity (Wildman–Crippen MR) is 307 cm³/mol. The number of nitrogens with zero attached hydrogens (tertiary/aromatic N) is 1. The molecular formula is C62H107N2O7P. The van der Waals surface area contributed by atoms with E-state index in [1.807, 2.05) is 27.2 Å². The summed E-state index contributed by atoms with van der Waals surface area (Å²) in [4.78, 5) is 39.8. The minimum absolute atomic E-state index is 0.0424. The monoisotopic (exact) mass is 1020 g/mol. The van der Waals surface area contributed by atoms with Gasteiger partial charge in [0.05, 0.1) is 33.8 Å². The Balaban J connectivity index is 5.50. The lowest BCUT2D eigenvalue weighted by Gasteiger charge is -2.30. The number of hydrogen-bond acceptors (Lipinski definition) is 7. The van der Waals surface area contributed by atoms with E-state index in [1.54, 1.807) is 6.08 Å². The van der Waals surface area contributed by atoms with Crippen LogP contribution in [0.1, 0.15) is 220 Å². The van der Waals surface area contributed by atoms with Gasteiger partial charge in [-0.25, -0.2) is 0 Å². The number of phosphoric ester groups is 1. The summed E-state index contributed by atoms with van der Waals surface area (Å²) in [5.74, 6) is -0.643. The van der Waals surface area contributed by atoms with E-state index in [2.05, 4.69) is 123 Å². The molecule has 0 spiro atoms. The summed E-state index contributed by atoms with van der Waals surface area (Å²) >= 11 is 0. The van der Waals surface area contributed by atoms with Crippen molar-refractivity contribution in [3.05, 3.63) is 109 Å². The summed E-state index contributed by atoms with van der Waals surface area (Å²) in [7, 11) is 1.12. The molecule has 0 aliphatic carbocycles. The van der Waals surface area contributed by atoms with Gasteiger partial charge in [0.25, 0.3) is 7.82 Å². The smallest absolute Gasteiger partial charge is 0.306 e. The number of likely N-dealkylation sites (N-methyl/N-ethyl adjacent to an activating group) is 1. The highest BCUT2D eigenvalue weighted by atomic mass is 31.2. The Morgan fingerprint density at radius 3 is 1.39 bits per heavy atom. The Labute approximate surface area is 442 Å². The number of nitrogens with one attached hydrogen (secondary N) is 1. The van der Waals surface area contributed by atoms with Crippen LogP contribution in [0.3, 0.4) is 0 Å². The van der Waals surface area contributed by atoms with Gasteiger partial charge in [-0.15, -0.1) is 0 Å². The number of quaternary nitrogens is 1. The third kappa shape index (κ3) is 51.6. The molecule has 0 heterocycles. The molecule has 0 saturated heterocycles. The maximum absolute atomic E-state index is 13.5. The van der Waals surface area contributed by atoms with Crippen LogP contribution in [0.25, 0.3) is 0 Å². The van der Waals surface area contributed by atoms with Crippen LogP contribution in [-0.2, 0) is 27.9 Å². The van der Waals surface area contributed by atoms with E-state index in [1.165, 1.54) is 77.0 Å². The number of unbranched alkanes of at least 4 members (excludes halogenated alkanes) is 18. The third-order valence-electron chi connectivity index (χ3n) is 11.9. The Morgan fingerprint density at radius 2 is 0.903 bits per heavy atom. The fourth-order valence-corrected chi connectivity index (χ4v) is 8.23. The maximum atomic E-state index is 13.5. The minimum Gasteiger partial charge on any atom is -0.756 e. The second-order valence-corrected chi connectivity index (χ2v) is 21.5. The van der Waals surface area contributed by atoms with E-state index >= 15 is 0 Å². The standard InChI is InChI=1S/C62H107N2O7P/c1-7-10-13-16-19-22-25-28-30-32-34-36-39-42-45-48-51-54-61(65)63-59(58-70-72(67,68)69-57-56-64(4,5)6)60(53-50-47-44-41-38-27-24-21-18-15-12-9-3)71-62(66)55-52-49-46-43-40-37-35-33-31-29-26-23-20-17-14-11-8-2/h10,13,19-20,22-23,28-31,34-37,42,45,50,53,59-60H,7-9,11-12,14-18,21,24-27,32-33,38-41,43-44,46-49,51-52,54-58H2,1-6H3,(H-,63,65,67,68)/b13-10-,22-19-,23-20-,30-28-,31-29-,36-34-,37-35-,45-42-,53-50+. The van der Waals surface area contributed by atoms with Crippen LogP contribution in [0.5, 0.6) is 0 Å². The van der Waals surface area contributed by atoms with Gasteiger partial charge >= 0.3 is 5.97 Å². The lowest BCUT2D eigenvalue weighted by Crippen LogP contribution is -2.47. The molecular weight excluding hydrogens is 916 g/mol. The van der Waals surface area contributed by atoms with Gasteiger partial charge in [0.15, 0.2) is 0 Å². The number of esters is 1. The molecule has 72 heavy (non-hydrogen) atoms. The van der Waals surface area contributed by atoms with Crippen LogP contribution in [0.15, 0.2) is 109 Å². The highest BCUT2D eigenvalue weighted by Gasteiger charge is 2.27. The SMILES string of the molecule is CC/C=C\C/C=C\C/C=C\C/C=C\C/C=C\CCCC(=O)NC(COP(=O)([O-])OCC[N+](C)(C)C)C(/C=C/CCCCCCCCCCCC)OC(=O)CCCCCC/C=C\C/C=C\C/C=C\CCCCC. The maximum Gasteiger partial charge on any atom is 0.306 e. The first-order chi connectivity index (χ1) is 34.9. The van der Waals surface area contributed by atoms with Gasteiger partial charge in [0.2, 0.25) is 5.91 Å². The molecule has 0 aromatic rings. The van der Waals surface area contributed by atoms with Crippen molar-refractivity contribution in [3.8, 4) is 0 Å². The number of rotatable bonds is 50. The van der Waals surface area contributed by atoms with Crippen molar-refractivity contribution < 1.29 is 37.3 Å². The molecule has 0 rings (SSSR count). The lowest BCUT2D eigenvalue weighted by molar-refractivity contribution is -0.870. The number of ether oxygens (including phenoxy) is 1. The summed E-state index contributed by atoms with van der Waals surface area (Å²) in [5.41, 5.74) is 0. The Morgan fingerprint density at radius 1 is 0.500 bits per heavy atom. The highest BCUT2D eigenvalue weighted by molar-refractivity contribution is 7.45. The number of phosphoric acid groups is 1. The summed E-state index contributed by atoms with van der Waals surface area (Å²) < 4.78 is 30.2. The molecule has 0 radical (unpaired) electrons. The van der Waals surface area contributed by atoms with Crippen LogP contribution in [0.4, 0.5) is 0 Å². The van der Waals surface area contributed by atoms with Crippen LogP contribution < -0.4 is 10.2 Å². The second kappa shape index (κ2) is 51.2. The molecule has 412 valence electrons. The molecule has 0 aliphatic rings. The van der Waals surface area contributed by atoms with Crippen LogP contribution >= 0.6 is 7.82 Å². The van der Waals surface area contributed by atoms with Crippen molar-refractivity contribution in [1.82, 2.24) is 5.32 Å². The average molecular weight is 1020 g/mol. The molecule has 0 aromatic carbocycles. The molecule has 0 saturated carbocycles. The molecule has 0 bridgehead atoms. The highest BCUT2D eigenvalue weighted by Crippen LogP contribution is 2.38. The van der Waals surface area contributed by atoms with Gasteiger partial charge < -0.3 is 28.5 Å². The molecule has 0 aromatic heterocycles. The van der Waals surface area contributed by atoms with Crippen molar-refractivity contribution in [2.24, 2.45) is 0 Å². The van der Waals surface area contributed by atoms with E-state index in [0.29, 0.717) is 23.9 Å². The normalized spacial score (nSPS) is 14.6. The summed E-state index contributed by atoms with van der Waals surface area (Å²) in [6.45, 7) is 6.61. The molecule has 3 unspecified atom stereocenters. The zero-order chi connectivity index (χ0) is 52.9. The Hall–Kier alpha value is -3.33. The Kier molecular flexibility index (Phi) is 48.8. The number of allylic oxidation sites excluding steroid dienone is 17. The van der Waals surface area contributed by atoms with E-state index < -0.39 is 26.6 Å². The van der Waals surface area contributed by atoms with Gasteiger partial charge in [-0.3, -0.25) is 14.2 Å². The third-order valence-corrected chi connectivity index (χ3v) is 12.9. The molecule has 1 N–H and O–H groups in total. The lowest BCUT2D eigenvalue weighted by atomic mass is 10.1. The quantitative estimate of drug-likeness (QED) is 0.0212. The predicted octanol–water partition coefficient (Wildman–Crippen LogP) is 16.7. The number of carbonyl (C=O) groups excluding carboxylic acids is 2. The van der Waals surface area contributed by atoms with Crippen LogP contribution in [0.2, 0.25) is 0 Å². The summed E-state index contributed by atoms with van der Waals surface area (Å²) in [5, 5.41) is 2.98. The van der Waals surface area contributed by atoms with Crippen LogP contribution in [-0.4, -0.2) is 69.4 Å².